The molecule has 7 heteroatoms. The van der Waals surface area contributed by atoms with Crippen LogP contribution in [0.2, 0.25) is 5.02 Å². The van der Waals surface area contributed by atoms with Gasteiger partial charge in [-0.05, 0) is 26.0 Å². The summed E-state index contributed by atoms with van der Waals surface area (Å²) in [6.07, 6.45) is -0.677. The average Bonchev–Trinajstić information content (AvgIpc) is 2.77. The SMILES string of the molecule is Cc1nnc(NC(=O)C(C)Oc2ccccc2Cl)s1. The van der Waals surface area contributed by atoms with Gasteiger partial charge in [-0.2, -0.15) is 0 Å². The zero-order valence-corrected chi connectivity index (χ0v) is 12.0. The predicted octanol–water partition coefficient (Wildman–Crippen LogP) is 2.91. The number of halogens is 1. The van der Waals surface area contributed by atoms with E-state index in [1.54, 1.807) is 31.2 Å². The van der Waals surface area contributed by atoms with Gasteiger partial charge in [0.1, 0.15) is 10.8 Å². The lowest BCUT2D eigenvalue weighted by Gasteiger charge is -2.14. The molecule has 0 aliphatic rings. The van der Waals surface area contributed by atoms with Crippen LogP contribution in [0.1, 0.15) is 11.9 Å². The Labute approximate surface area is 119 Å². The van der Waals surface area contributed by atoms with Crippen molar-refractivity contribution in [3.8, 4) is 5.75 Å². The van der Waals surface area contributed by atoms with Crippen molar-refractivity contribution in [2.75, 3.05) is 5.32 Å². The van der Waals surface area contributed by atoms with Crippen LogP contribution >= 0.6 is 22.9 Å². The van der Waals surface area contributed by atoms with E-state index in [2.05, 4.69) is 15.5 Å². The molecule has 1 aromatic heterocycles. The van der Waals surface area contributed by atoms with Gasteiger partial charge < -0.3 is 4.74 Å². The molecule has 1 N–H and O–H groups in total. The molecule has 0 saturated carbocycles. The number of anilines is 1. The Morgan fingerprint density at radius 1 is 1.42 bits per heavy atom. The predicted molar refractivity (Wildman–Crippen MR) is 74.8 cm³/mol. The molecule has 1 amide bonds. The second-order valence-corrected chi connectivity index (χ2v) is 5.39. The summed E-state index contributed by atoms with van der Waals surface area (Å²) in [5.74, 6) is 0.177. The lowest BCUT2D eigenvalue weighted by Crippen LogP contribution is -2.30. The molecule has 1 heterocycles. The third kappa shape index (κ3) is 3.65. The Balaban J connectivity index is 1.98. The van der Waals surface area contributed by atoms with Crippen molar-refractivity contribution < 1.29 is 9.53 Å². The van der Waals surface area contributed by atoms with Crippen molar-refractivity contribution in [2.45, 2.75) is 20.0 Å². The molecule has 0 aliphatic carbocycles. The fourth-order valence-electron chi connectivity index (χ4n) is 1.34. The summed E-state index contributed by atoms with van der Waals surface area (Å²) in [5.41, 5.74) is 0. The number of nitrogens with zero attached hydrogens (tertiary/aromatic N) is 2. The molecule has 0 radical (unpaired) electrons. The monoisotopic (exact) mass is 297 g/mol. The van der Waals surface area contributed by atoms with Crippen molar-refractivity contribution in [3.05, 3.63) is 34.3 Å². The molecule has 19 heavy (non-hydrogen) atoms. The highest BCUT2D eigenvalue weighted by atomic mass is 35.5. The highest BCUT2D eigenvalue weighted by molar-refractivity contribution is 7.15. The second-order valence-electron chi connectivity index (χ2n) is 3.81. The molecular weight excluding hydrogens is 286 g/mol. The molecular formula is C12H12ClN3O2S. The van der Waals surface area contributed by atoms with E-state index in [0.717, 1.165) is 5.01 Å². The van der Waals surface area contributed by atoms with E-state index >= 15 is 0 Å². The molecule has 2 aromatic rings. The van der Waals surface area contributed by atoms with Crippen LogP contribution in [-0.2, 0) is 4.79 Å². The summed E-state index contributed by atoms with van der Waals surface area (Å²) in [7, 11) is 0. The van der Waals surface area contributed by atoms with Gasteiger partial charge in [0.25, 0.3) is 5.91 Å². The van der Waals surface area contributed by atoms with Gasteiger partial charge in [-0.25, -0.2) is 0 Å². The minimum Gasteiger partial charge on any atom is -0.479 e. The van der Waals surface area contributed by atoms with E-state index in [-0.39, 0.29) is 5.91 Å². The van der Waals surface area contributed by atoms with Crippen molar-refractivity contribution in [1.82, 2.24) is 10.2 Å². The third-order valence-electron chi connectivity index (χ3n) is 2.27. The molecule has 2 rings (SSSR count). The highest BCUT2D eigenvalue weighted by Crippen LogP contribution is 2.24. The Hall–Kier alpha value is -1.66. The van der Waals surface area contributed by atoms with Crippen LogP contribution in [0.5, 0.6) is 5.75 Å². The summed E-state index contributed by atoms with van der Waals surface area (Å²) < 4.78 is 5.50. The smallest absolute Gasteiger partial charge is 0.266 e. The second kappa shape index (κ2) is 5.99. The van der Waals surface area contributed by atoms with Gasteiger partial charge >= 0.3 is 0 Å². The quantitative estimate of drug-likeness (QED) is 0.942. The first kappa shape index (κ1) is 13.8. The number of carbonyl (C=O) groups is 1. The average molecular weight is 298 g/mol. The number of amides is 1. The molecule has 0 saturated heterocycles. The van der Waals surface area contributed by atoms with Gasteiger partial charge in [-0.3, -0.25) is 10.1 Å². The van der Waals surface area contributed by atoms with E-state index in [1.807, 2.05) is 6.92 Å². The largest absolute Gasteiger partial charge is 0.479 e. The number of hydrogen-bond acceptors (Lipinski definition) is 5. The molecule has 0 fully saturated rings. The molecule has 0 aliphatic heterocycles. The van der Waals surface area contributed by atoms with Crippen LogP contribution in [0.4, 0.5) is 5.13 Å². The number of nitrogens with one attached hydrogen (secondary N) is 1. The first-order valence-corrected chi connectivity index (χ1v) is 6.78. The lowest BCUT2D eigenvalue weighted by atomic mass is 10.3. The van der Waals surface area contributed by atoms with Crippen LogP contribution < -0.4 is 10.1 Å². The zero-order valence-electron chi connectivity index (χ0n) is 10.4. The number of para-hydroxylation sites is 1. The van der Waals surface area contributed by atoms with E-state index in [4.69, 9.17) is 16.3 Å². The Kier molecular flexibility index (Phi) is 4.34. The number of hydrogen-bond donors (Lipinski definition) is 1. The summed E-state index contributed by atoms with van der Waals surface area (Å²) in [6.45, 7) is 3.46. The summed E-state index contributed by atoms with van der Waals surface area (Å²) >= 11 is 7.27. The van der Waals surface area contributed by atoms with Crippen LogP contribution in [0.25, 0.3) is 0 Å². The van der Waals surface area contributed by atoms with Gasteiger partial charge in [-0.15, -0.1) is 10.2 Å². The first-order chi connectivity index (χ1) is 9.06. The van der Waals surface area contributed by atoms with E-state index in [1.165, 1.54) is 11.3 Å². The third-order valence-corrected chi connectivity index (χ3v) is 3.33. The van der Waals surface area contributed by atoms with E-state index in [9.17, 15) is 4.79 Å². The lowest BCUT2D eigenvalue weighted by molar-refractivity contribution is -0.122. The minimum absolute atomic E-state index is 0.295. The van der Waals surface area contributed by atoms with Crippen LogP contribution in [0.3, 0.4) is 0 Å². The summed E-state index contributed by atoms with van der Waals surface area (Å²) in [6, 6.07) is 7.00. The molecule has 0 bridgehead atoms. The maximum atomic E-state index is 11.9. The normalized spacial score (nSPS) is 11.9. The Morgan fingerprint density at radius 3 is 2.79 bits per heavy atom. The minimum atomic E-state index is -0.677. The fourth-order valence-corrected chi connectivity index (χ4v) is 2.11. The molecule has 1 aromatic carbocycles. The summed E-state index contributed by atoms with van der Waals surface area (Å²) in [5, 5.41) is 12.0. The van der Waals surface area contributed by atoms with E-state index in [0.29, 0.717) is 15.9 Å². The van der Waals surface area contributed by atoms with Crippen molar-refractivity contribution in [2.24, 2.45) is 0 Å². The van der Waals surface area contributed by atoms with Gasteiger partial charge in [0.05, 0.1) is 5.02 Å². The highest BCUT2D eigenvalue weighted by Gasteiger charge is 2.17. The maximum absolute atomic E-state index is 11.9. The number of rotatable bonds is 4. The van der Waals surface area contributed by atoms with Gasteiger partial charge in [0.15, 0.2) is 6.10 Å². The summed E-state index contributed by atoms with van der Waals surface area (Å²) in [4.78, 5) is 11.9. The van der Waals surface area contributed by atoms with Crippen molar-refractivity contribution in [3.63, 3.8) is 0 Å². The zero-order chi connectivity index (χ0) is 13.8. The van der Waals surface area contributed by atoms with Crippen LogP contribution in [-0.4, -0.2) is 22.2 Å². The molecule has 100 valence electrons. The van der Waals surface area contributed by atoms with Crippen molar-refractivity contribution in [1.29, 1.82) is 0 Å². The standard InChI is InChI=1S/C12H12ClN3O2S/c1-7(18-10-6-4-3-5-9(10)13)11(17)14-12-16-15-8(2)19-12/h3-7H,1-2H3,(H,14,16,17). The molecule has 1 atom stereocenters. The molecule has 1 unspecified atom stereocenters. The number of aromatic nitrogens is 2. The van der Waals surface area contributed by atoms with Gasteiger partial charge in [0, 0.05) is 0 Å². The van der Waals surface area contributed by atoms with Crippen LogP contribution in [0.15, 0.2) is 24.3 Å². The topological polar surface area (TPSA) is 64.1 Å². The van der Waals surface area contributed by atoms with E-state index < -0.39 is 6.10 Å². The van der Waals surface area contributed by atoms with Crippen LogP contribution in [0, 0.1) is 6.92 Å². The maximum Gasteiger partial charge on any atom is 0.266 e. The number of aryl methyl sites for hydroxylation is 1. The van der Waals surface area contributed by atoms with Gasteiger partial charge in [-0.1, -0.05) is 35.1 Å². The van der Waals surface area contributed by atoms with Gasteiger partial charge in [0.2, 0.25) is 5.13 Å². The molecule has 5 nitrogen and oxygen atoms in total. The van der Waals surface area contributed by atoms with Crippen molar-refractivity contribution >= 4 is 34.0 Å². The number of carbonyl (C=O) groups excluding carboxylic acids is 1. The Bertz CT molecular complexity index is 588. The Morgan fingerprint density at radius 2 is 2.16 bits per heavy atom. The first-order valence-electron chi connectivity index (χ1n) is 5.58. The molecule has 0 spiro atoms. The number of ether oxygens (including phenoxy) is 1. The fraction of sp³-hybridized carbons (Fsp3) is 0.250. The number of benzene rings is 1.